The first kappa shape index (κ1) is 43.1. The molecule has 0 fully saturated rings. The van der Waals surface area contributed by atoms with Gasteiger partial charge in [0.2, 0.25) is 0 Å². The van der Waals surface area contributed by atoms with Crippen LogP contribution >= 0.6 is 46.4 Å². The second-order valence-electron chi connectivity index (χ2n) is 11.5. The van der Waals surface area contributed by atoms with E-state index in [4.69, 9.17) is 65.4 Å². The second kappa shape index (κ2) is 20.7. The number of alkyl halides is 4. The number of methoxy groups -OCH3 is 2. The van der Waals surface area contributed by atoms with Gasteiger partial charge >= 0.3 is 11.9 Å². The molecule has 0 bridgehead atoms. The molecule has 2 aromatic carbocycles. The number of esters is 2. The maximum atomic E-state index is 12.8. The maximum absolute atomic E-state index is 12.8. The summed E-state index contributed by atoms with van der Waals surface area (Å²) < 4.78 is 21.6. The third kappa shape index (κ3) is 13.9. The van der Waals surface area contributed by atoms with Crippen LogP contribution in [0.4, 0.5) is 0 Å². The Morgan fingerprint density at radius 1 is 0.608 bits per heavy atom. The van der Waals surface area contributed by atoms with Crippen molar-refractivity contribution in [2.24, 2.45) is 11.8 Å². The maximum Gasteiger partial charge on any atom is 0.334 e. The van der Waals surface area contributed by atoms with Crippen molar-refractivity contribution in [2.45, 2.75) is 55.9 Å². The average Bonchev–Trinajstić information content (AvgIpc) is 3.07. The van der Waals surface area contributed by atoms with Crippen LogP contribution in [0.1, 0.15) is 45.2 Å². The number of amides is 2. The highest BCUT2D eigenvalue weighted by molar-refractivity contribution is 6.54. The Labute approximate surface area is 315 Å². The van der Waals surface area contributed by atoms with E-state index in [0.717, 1.165) is 0 Å². The number of rotatable bonds is 18. The van der Waals surface area contributed by atoms with E-state index in [0.29, 0.717) is 11.1 Å². The molecule has 0 radical (unpaired) electrons. The molecule has 0 aromatic heterocycles. The molecule has 12 nitrogen and oxygen atoms in total. The van der Waals surface area contributed by atoms with Crippen molar-refractivity contribution < 1.29 is 47.7 Å². The molecule has 0 unspecified atom stereocenters. The summed E-state index contributed by atoms with van der Waals surface area (Å²) in [5.74, 6) is -4.14. The van der Waals surface area contributed by atoms with Crippen molar-refractivity contribution in [3.63, 3.8) is 0 Å². The van der Waals surface area contributed by atoms with E-state index >= 15 is 0 Å². The van der Waals surface area contributed by atoms with E-state index in [1.54, 1.807) is 39.8 Å². The van der Waals surface area contributed by atoms with Crippen LogP contribution in [0.2, 0.25) is 0 Å². The number of hydrogen-bond acceptors (Lipinski definition) is 10. The molecule has 0 heterocycles. The third-order valence-corrected chi connectivity index (χ3v) is 7.69. The Kier molecular flexibility index (Phi) is 17.5. The topological polar surface area (TPSA) is 163 Å². The SMILES string of the molecule is COc1cc(/C=C/C(=O)CC(=O)/C=C/c2ccc(OC(=O)[C@@H](NC(=O)C(Cl)Cl)C(C)C)c(OC)c2)ccc1OC(=O)[C@@H](NC(=O)C(Cl)Cl)C(C)C. The fraction of sp³-hybridized carbons (Fsp3) is 0.371. The molecule has 276 valence electrons. The van der Waals surface area contributed by atoms with Crippen molar-refractivity contribution in [3.05, 3.63) is 59.7 Å². The zero-order valence-electron chi connectivity index (χ0n) is 28.5. The Hall–Kier alpha value is -4.10. The van der Waals surface area contributed by atoms with Crippen molar-refractivity contribution >= 4 is 93.9 Å². The lowest BCUT2D eigenvalue weighted by Gasteiger charge is -2.21. The lowest BCUT2D eigenvalue weighted by molar-refractivity contribution is -0.140. The number of ketones is 2. The van der Waals surface area contributed by atoms with Crippen LogP contribution in [-0.2, 0) is 28.8 Å². The van der Waals surface area contributed by atoms with Crippen molar-refractivity contribution in [1.29, 1.82) is 0 Å². The Morgan fingerprint density at radius 3 is 1.25 bits per heavy atom. The summed E-state index contributed by atoms with van der Waals surface area (Å²) >= 11 is 22.3. The molecule has 51 heavy (non-hydrogen) atoms. The molecule has 0 saturated carbocycles. The molecular formula is C35H38Cl4N2O10. The molecule has 0 saturated heterocycles. The summed E-state index contributed by atoms with van der Waals surface area (Å²) in [6.45, 7) is 6.82. The standard InChI is InChI=1S/C35H38Cl4N2O10/c1-18(2)28(40-32(44)30(36)37)34(46)50-24-13-9-20(15-26(24)48-5)7-11-22(42)17-23(43)12-8-21-10-14-25(27(16-21)49-6)51-35(47)29(19(3)4)41-33(45)31(38)39/h7-16,18-19,28-31H,17H2,1-6H3,(H,40,44)(H,41,45)/b11-7+,12-8+/t28-,29-/m0/s1. The molecule has 2 rings (SSSR count). The van der Waals surface area contributed by atoms with E-state index < -0.39 is 63.5 Å². The number of nitrogens with one attached hydrogen (secondary N) is 2. The molecule has 0 aliphatic carbocycles. The van der Waals surface area contributed by atoms with Crippen LogP contribution in [-0.4, -0.2) is 71.3 Å². The van der Waals surface area contributed by atoms with Gasteiger partial charge in [-0.1, -0.05) is 98.4 Å². The number of carbonyl (C=O) groups excluding carboxylic acids is 6. The monoisotopic (exact) mass is 786 g/mol. The van der Waals surface area contributed by atoms with Crippen molar-refractivity contribution in [2.75, 3.05) is 14.2 Å². The van der Waals surface area contributed by atoms with Gasteiger partial charge in [-0.05, 0) is 59.4 Å². The van der Waals surface area contributed by atoms with Gasteiger partial charge < -0.3 is 29.6 Å². The normalized spacial score (nSPS) is 12.7. The number of halogens is 4. The lowest BCUT2D eigenvalue weighted by atomic mass is 10.0. The van der Waals surface area contributed by atoms with Crippen LogP contribution in [0, 0.1) is 11.8 Å². The highest BCUT2D eigenvalue weighted by atomic mass is 35.5. The number of hydrogen-bond donors (Lipinski definition) is 2. The van der Waals surface area contributed by atoms with Gasteiger partial charge in [0.05, 0.1) is 20.6 Å². The predicted octanol–water partition coefficient (Wildman–Crippen LogP) is 5.66. The first-order valence-corrected chi connectivity index (χ1v) is 17.1. The number of ether oxygens (including phenoxy) is 4. The van der Waals surface area contributed by atoms with Crippen LogP contribution in [0.5, 0.6) is 23.0 Å². The minimum absolute atomic E-state index is 0.0720. The Balaban J connectivity index is 2.05. The van der Waals surface area contributed by atoms with Gasteiger partial charge in [-0.2, -0.15) is 0 Å². The van der Waals surface area contributed by atoms with Crippen LogP contribution in [0.25, 0.3) is 12.2 Å². The fourth-order valence-electron chi connectivity index (χ4n) is 4.18. The van der Waals surface area contributed by atoms with E-state index in [-0.39, 0.29) is 34.8 Å². The second-order valence-corrected chi connectivity index (χ2v) is 13.7. The third-order valence-electron chi connectivity index (χ3n) is 6.90. The molecule has 2 N–H and O–H groups in total. The molecular weight excluding hydrogens is 750 g/mol. The summed E-state index contributed by atoms with van der Waals surface area (Å²) in [5.41, 5.74) is 1.03. The highest BCUT2D eigenvalue weighted by Gasteiger charge is 2.30. The van der Waals surface area contributed by atoms with E-state index in [1.165, 1.54) is 62.8 Å². The first-order chi connectivity index (χ1) is 24.0. The number of carbonyl (C=O) groups is 6. The van der Waals surface area contributed by atoms with Gasteiger partial charge in [0.15, 0.2) is 44.2 Å². The predicted molar refractivity (Wildman–Crippen MR) is 194 cm³/mol. The van der Waals surface area contributed by atoms with E-state index in [2.05, 4.69) is 10.6 Å². The Morgan fingerprint density at radius 2 is 0.961 bits per heavy atom. The van der Waals surface area contributed by atoms with Gasteiger partial charge in [-0.15, -0.1) is 0 Å². The van der Waals surface area contributed by atoms with Gasteiger partial charge in [0.25, 0.3) is 11.8 Å². The van der Waals surface area contributed by atoms with Gasteiger partial charge in [0, 0.05) is 0 Å². The minimum Gasteiger partial charge on any atom is -0.493 e. The molecule has 2 amide bonds. The summed E-state index contributed by atoms with van der Waals surface area (Å²) in [5, 5.41) is 4.88. The van der Waals surface area contributed by atoms with E-state index in [1.807, 2.05) is 0 Å². The van der Waals surface area contributed by atoms with Crippen LogP contribution in [0.3, 0.4) is 0 Å². The quantitative estimate of drug-likeness (QED) is 0.0634. The average molecular weight is 789 g/mol. The molecule has 0 spiro atoms. The lowest BCUT2D eigenvalue weighted by Crippen LogP contribution is -2.48. The molecule has 2 aromatic rings. The number of benzene rings is 2. The summed E-state index contributed by atoms with van der Waals surface area (Å²) in [6.07, 6.45) is 4.97. The van der Waals surface area contributed by atoms with Crippen LogP contribution in [0.15, 0.2) is 48.6 Å². The summed E-state index contributed by atoms with van der Waals surface area (Å²) in [6, 6.07) is 7.03. The smallest absolute Gasteiger partial charge is 0.334 e. The van der Waals surface area contributed by atoms with Gasteiger partial charge in [-0.3, -0.25) is 19.2 Å². The number of allylic oxidation sites excluding steroid dienone is 2. The zero-order chi connectivity index (χ0) is 38.4. The molecule has 2 atom stereocenters. The Bertz CT molecular complexity index is 1540. The summed E-state index contributed by atoms with van der Waals surface area (Å²) in [7, 11) is 2.73. The van der Waals surface area contributed by atoms with E-state index in [9.17, 15) is 28.8 Å². The molecule has 0 aliphatic heterocycles. The zero-order valence-corrected chi connectivity index (χ0v) is 31.6. The fourth-order valence-corrected chi connectivity index (χ4v) is 4.44. The minimum atomic E-state index is -1.36. The largest absolute Gasteiger partial charge is 0.493 e. The van der Waals surface area contributed by atoms with Crippen molar-refractivity contribution in [1.82, 2.24) is 10.6 Å². The van der Waals surface area contributed by atoms with Gasteiger partial charge in [0.1, 0.15) is 12.1 Å². The highest BCUT2D eigenvalue weighted by Crippen LogP contribution is 2.31. The molecule has 0 aliphatic rings. The first-order valence-electron chi connectivity index (χ1n) is 15.4. The summed E-state index contributed by atoms with van der Waals surface area (Å²) in [4.78, 5) is 71.7. The van der Waals surface area contributed by atoms with Gasteiger partial charge in [-0.25, -0.2) is 9.59 Å². The van der Waals surface area contributed by atoms with Crippen LogP contribution < -0.4 is 29.6 Å². The van der Waals surface area contributed by atoms with Crippen molar-refractivity contribution in [3.8, 4) is 23.0 Å². The molecule has 16 heteroatoms.